The maximum Gasteiger partial charge on any atom is 0.433 e. The third kappa shape index (κ3) is 4.31. The maximum absolute atomic E-state index is 12.6. The van der Waals surface area contributed by atoms with Gasteiger partial charge in [0.1, 0.15) is 10.7 Å². The number of benzene rings is 1. The number of methoxy groups -OCH3 is 1. The smallest absolute Gasteiger partial charge is 0.433 e. The summed E-state index contributed by atoms with van der Waals surface area (Å²) in [5.74, 6) is -1.06. The van der Waals surface area contributed by atoms with E-state index in [4.69, 9.17) is 9.15 Å². The van der Waals surface area contributed by atoms with Gasteiger partial charge in [0.05, 0.1) is 18.9 Å². The van der Waals surface area contributed by atoms with Gasteiger partial charge in [0.25, 0.3) is 5.91 Å². The van der Waals surface area contributed by atoms with Gasteiger partial charge in [-0.3, -0.25) is 14.9 Å². The SMILES string of the molecule is COc1ccc2c(c1)CCN(S(=O)(=O)CCNC(=O)c1ccc([N+](=O)[O-])o1)C2. The van der Waals surface area contributed by atoms with Crippen molar-refractivity contribution < 1.29 is 27.3 Å². The Morgan fingerprint density at radius 2 is 2.11 bits per heavy atom. The average molecular weight is 409 g/mol. The number of fused-ring (bicyclic) bond motifs is 1. The van der Waals surface area contributed by atoms with Crippen molar-refractivity contribution in [2.45, 2.75) is 13.0 Å². The van der Waals surface area contributed by atoms with Crippen LogP contribution in [0.1, 0.15) is 21.7 Å². The molecule has 2 heterocycles. The summed E-state index contributed by atoms with van der Waals surface area (Å²) in [6.07, 6.45) is 0.578. The van der Waals surface area contributed by atoms with E-state index < -0.39 is 26.7 Å². The molecular formula is C17H19N3O7S. The molecule has 1 aliphatic heterocycles. The number of carbonyl (C=O) groups is 1. The number of hydrogen-bond donors (Lipinski definition) is 1. The lowest BCUT2D eigenvalue weighted by atomic mass is 10.0. The van der Waals surface area contributed by atoms with E-state index >= 15 is 0 Å². The molecule has 3 rings (SSSR count). The van der Waals surface area contributed by atoms with Gasteiger partial charge in [-0.05, 0) is 35.7 Å². The molecule has 11 heteroatoms. The van der Waals surface area contributed by atoms with Crippen LogP contribution in [0.15, 0.2) is 34.7 Å². The number of hydrogen-bond acceptors (Lipinski definition) is 7. The molecule has 28 heavy (non-hydrogen) atoms. The third-order valence-corrected chi connectivity index (χ3v) is 6.24. The monoisotopic (exact) mass is 409 g/mol. The predicted octanol–water partition coefficient (Wildman–Crippen LogP) is 1.31. The summed E-state index contributed by atoms with van der Waals surface area (Å²) >= 11 is 0. The second-order valence-electron chi connectivity index (χ2n) is 6.19. The van der Waals surface area contributed by atoms with Crippen molar-refractivity contribution in [2.24, 2.45) is 0 Å². The largest absolute Gasteiger partial charge is 0.497 e. The van der Waals surface area contributed by atoms with Crippen LogP contribution < -0.4 is 10.1 Å². The van der Waals surface area contributed by atoms with E-state index in [2.05, 4.69) is 5.32 Å². The molecule has 0 atom stereocenters. The molecule has 1 amide bonds. The summed E-state index contributed by atoms with van der Waals surface area (Å²) in [4.78, 5) is 21.7. The van der Waals surface area contributed by atoms with E-state index in [0.29, 0.717) is 13.0 Å². The third-order valence-electron chi connectivity index (χ3n) is 4.43. The van der Waals surface area contributed by atoms with Crippen molar-refractivity contribution in [3.63, 3.8) is 0 Å². The minimum Gasteiger partial charge on any atom is -0.497 e. The number of amides is 1. The second-order valence-corrected chi connectivity index (χ2v) is 8.27. The first-order chi connectivity index (χ1) is 13.3. The van der Waals surface area contributed by atoms with E-state index in [-0.39, 0.29) is 24.6 Å². The van der Waals surface area contributed by atoms with Gasteiger partial charge in [-0.1, -0.05) is 6.07 Å². The van der Waals surface area contributed by atoms with Gasteiger partial charge >= 0.3 is 5.88 Å². The lowest BCUT2D eigenvalue weighted by molar-refractivity contribution is -0.402. The number of nitrogens with zero attached hydrogens (tertiary/aromatic N) is 2. The zero-order chi connectivity index (χ0) is 20.3. The number of rotatable bonds is 7. The van der Waals surface area contributed by atoms with Gasteiger partial charge in [-0.15, -0.1) is 0 Å². The fraction of sp³-hybridized carbons (Fsp3) is 0.353. The maximum atomic E-state index is 12.6. The molecule has 0 unspecified atom stereocenters. The van der Waals surface area contributed by atoms with E-state index in [1.54, 1.807) is 13.2 Å². The summed E-state index contributed by atoms with van der Waals surface area (Å²) in [7, 11) is -2.00. The lowest BCUT2D eigenvalue weighted by Gasteiger charge is -2.28. The molecule has 150 valence electrons. The molecule has 0 saturated heterocycles. The first-order valence-electron chi connectivity index (χ1n) is 8.46. The van der Waals surface area contributed by atoms with Gasteiger partial charge in [0, 0.05) is 19.6 Å². The molecule has 0 bridgehead atoms. The van der Waals surface area contributed by atoms with Crippen molar-refractivity contribution >= 4 is 21.8 Å². The zero-order valence-electron chi connectivity index (χ0n) is 15.1. The Bertz CT molecular complexity index is 1000. The van der Waals surface area contributed by atoms with Crippen LogP contribution in [-0.4, -0.2) is 49.5 Å². The van der Waals surface area contributed by atoms with Crippen LogP contribution in [-0.2, 0) is 23.0 Å². The van der Waals surface area contributed by atoms with Crippen LogP contribution in [0.4, 0.5) is 5.88 Å². The normalized spacial score (nSPS) is 14.3. The lowest BCUT2D eigenvalue weighted by Crippen LogP contribution is -2.40. The van der Waals surface area contributed by atoms with Gasteiger partial charge < -0.3 is 14.5 Å². The van der Waals surface area contributed by atoms with Gasteiger partial charge in [-0.2, -0.15) is 4.31 Å². The standard InChI is InChI=1S/C17H19N3O7S/c1-26-14-3-2-13-11-19(8-6-12(13)10-14)28(24,25)9-7-18-17(21)15-4-5-16(27-15)20(22)23/h2-5,10H,6-9,11H2,1H3,(H,18,21). The molecule has 0 fully saturated rings. The van der Waals surface area contributed by atoms with Crippen molar-refractivity contribution in [2.75, 3.05) is 26.0 Å². The van der Waals surface area contributed by atoms with Gasteiger partial charge in [-0.25, -0.2) is 8.42 Å². The Balaban J connectivity index is 1.56. The van der Waals surface area contributed by atoms with Crippen molar-refractivity contribution in [3.8, 4) is 5.75 Å². The highest BCUT2D eigenvalue weighted by Crippen LogP contribution is 2.25. The predicted molar refractivity (Wildman–Crippen MR) is 98.6 cm³/mol. The fourth-order valence-corrected chi connectivity index (χ4v) is 4.25. The number of furan rings is 1. The summed E-state index contributed by atoms with van der Waals surface area (Å²) in [5, 5.41) is 13.0. The summed E-state index contributed by atoms with van der Waals surface area (Å²) in [6.45, 7) is 0.475. The molecule has 1 N–H and O–H groups in total. The highest BCUT2D eigenvalue weighted by molar-refractivity contribution is 7.89. The van der Waals surface area contributed by atoms with Crippen LogP contribution >= 0.6 is 0 Å². The molecule has 2 aromatic rings. The highest BCUT2D eigenvalue weighted by atomic mass is 32.2. The number of nitrogens with one attached hydrogen (secondary N) is 1. The molecule has 0 spiro atoms. The number of ether oxygens (including phenoxy) is 1. The average Bonchev–Trinajstić information content (AvgIpc) is 3.17. The van der Waals surface area contributed by atoms with Crippen LogP contribution in [0.3, 0.4) is 0 Å². The van der Waals surface area contributed by atoms with E-state index in [1.807, 2.05) is 12.1 Å². The van der Waals surface area contributed by atoms with Crippen LogP contribution in [0.2, 0.25) is 0 Å². The van der Waals surface area contributed by atoms with E-state index in [9.17, 15) is 23.3 Å². The van der Waals surface area contributed by atoms with Crippen molar-refractivity contribution in [1.29, 1.82) is 0 Å². The molecular weight excluding hydrogens is 390 g/mol. The Morgan fingerprint density at radius 1 is 1.32 bits per heavy atom. The van der Waals surface area contributed by atoms with Gasteiger partial charge in [0.2, 0.25) is 10.0 Å². The summed E-state index contributed by atoms with van der Waals surface area (Å²) in [6, 6.07) is 7.77. The first kappa shape index (κ1) is 19.8. The van der Waals surface area contributed by atoms with Crippen LogP contribution in [0, 0.1) is 10.1 Å². The molecule has 0 saturated carbocycles. The first-order valence-corrected chi connectivity index (χ1v) is 10.1. The van der Waals surface area contributed by atoms with E-state index in [1.165, 1.54) is 4.31 Å². The van der Waals surface area contributed by atoms with E-state index in [0.717, 1.165) is 29.0 Å². The Labute approximate surface area is 161 Å². The second kappa shape index (κ2) is 7.98. The van der Waals surface area contributed by atoms with Crippen LogP contribution in [0.25, 0.3) is 0 Å². The summed E-state index contributed by atoms with van der Waals surface area (Å²) in [5.41, 5.74) is 1.97. The fourth-order valence-electron chi connectivity index (χ4n) is 2.93. The quantitative estimate of drug-likeness (QED) is 0.539. The van der Waals surface area contributed by atoms with Crippen molar-refractivity contribution in [1.82, 2.24) is 9.62 Å². The molecule has 1 aromatic heterocycles. The van der Waals surface area contributed by atoms with Crippen LogP contribution in [0.5, 0.6) is 5.75 Å². The van der Waals surface area contributed by atoms with Gasteiger partial charge in [0.15, 0.2) is 5.76 Å². The van der Waals surface area contributed by atoms with Crippen molar-refractivity contribution in [3.05, 3.63) is 57.3 Å². The number of nitro groups is 1. The zero-order valence-corrected chi connectivity index (χ0v) is 15.9. The minimum atomic E-state index is -3.58. The molecule has 0 aliphatic carbocycles. The number of carbonyl (C=O) groups excluding carboxylic acids is 1. The molecule has 0 radical (unpaired) electrons. The Morgan fingerprint density at radius 3 is 2.79 bits per heavy atom. The topological polar surface area (TPSA) is 132 Å². The Hall–Kier alpha value is -2.92. The summed E-state index contributed by atoms with van der Waals surface area (Å²) < 4.78 is 36.5. The molecule has 10 nitrogen and oxygen atoms in total. The molecule has 1 aliphatic rings. The Kier molecular flexibility index (Phi) is 5.66. The minimum absolute atomic E-state index is 0.137. The number of sulfonamides is 1. The molecule has 1 aromatic carbocycles. The highest BCUT2D eigenvalue weighted by Gasteiger charge is 2.27.